The van der Waals surface area contributed by atoms with E-state index >= 15 is 0 Å². The highest BCUT2D eigenvalue weighted by molar-refractivity contribution is 7.87. The number of benzene rings is 2. The highest BCUT2D eigenvalue weighted by Crippen LogP contribution is 2.44. The van der Waals surface area contributed by atoms with Crippen molar-refractivity contribution < 1.29 is 12.6 Å². The first-order chi connectivity index (χ1) is 8.90. The van der Waals surface area contributed by atoms with E-state index in [9.17, 15) is 8.42 Å². The molecule has 0 radical (unpaired) electrons. The summed E-state index contributed by atoms with van der Waals surface area (Å²) in [5, 5.41) is 0.592. The first kappa shape index (κ1) is 12.5. The van der Waals surface area contributed by atoms with Gasteiger partial charge in [-0.05, 0) is 43.7 Å². The predicted octanol–water partition coefficient (Wildman–Crippen LogP) is 3.70. The van der Waals surface area contributed by atoms with E-state index in [1.807, 2.05) is 19.9 Å². The lowest BCUT2D eigenvalue weighted by Crippen LogP contribution is -2.16. The molecule has 3 nitrogen and oxygen atoms in total. The second kappa shape index (κ2) is 3.99. The predicted molar refractivity (Wildman–Crippen MR) is 74.2 cm³/mol. The lowest BCUT2D eigenvalue weighted by Gasteiger charge is -2.22. The molecular formula is C14H11ClO3S. The first-order valence-electron chi connectivity index (χ1n) is 5.75. The van der Waals surface area contributed by atoms with Crippen LogP contribution < -0.4 is 4.18 Å². The molecule has 5 heteroatoms. The zero-order valence-corrected chi connectivity index (χ0v) is 12.0. The van der Waals surface area contributed by atoms with Crippen molar-refractivity contribution in [3.8, 4) is 16.9 Å². The monoisotopic (exact) mass is 294 g/mol. The molecule has 0 unspecified atom stereocenters. The van der Waals surface area contributed by atoms with Gasteiger partial charge in [-0.2, -0.15) is 8.42 Å². The molecule has 1 heterocycles. The van der Waals surface area contributed by atoms with E-state index in [2.05, 4.69) is 0 Å². The van der Waals surface area contributed by atoms with Crippen molar-refractivity contribution in [3.05, 3.63) is 46.5 Å². The Balaban J connectivity index is 2.46. The molecule has 0 aliphatic carbocycles. The highest BCUT2D eigenvalue weighted by atomic mass is 35.5. The van der Waals surface area contributed by atoms with Crippen molar-refractivity contribution in [3.63, 3.8) is 0 Å². The molecule has 1 aliphatic heterocycles. The van der Waals surface area contributed by atoms with Crippen LogP contribution in [0, 0.1) is 13.8 Å². The first-order valence-corrected chi connectivity index (χ1v) is 7.53. The van der Waals surface area contributed by atoms with Crippen molar-refractivity contribution in [2.24, 2.45) is 0 Å². The third kappa shape index (κ3) is 1.83. The van der Waals surface area contributed by atoms with Gasteiger partial charge in [-0.3, -0.25) is 0 Å². The Labute approximate surface area is 116 Å². The maximum absolute atomic E-state index is 12.1. The summed E-state index contributed by atoms with van der Waals surface area (Å²) in [5.74, 6) is 0.333. The Kier molecular flexibility index (Phi) is 2.62. The van der Waals surface area contributed by atoms with E-state index in [0.29, 0.717) is 16.3 Å². The number of halogens is 1. The van der Waals surface area contributed by atoms with Gasteiger partial charge in [-0.15, -0.1) is 0 Å². The topological polar surface area (TPSA) is 43.4 Å². The lowest BCUT2D eigenvalue weighted by molar-refractivity contribution is 0.483. The SMILES string of the molecule is Cc1ccc2c(c1)-c1c(ccc(Cl)c1C)OS2(=O)=O. The summed E-state index contributed by atoms with van der Waals surface area (Å²) in [4.78, 5) is 0.191. The minimum Gasteiger partial charge on any atom is -0.378 e. The number of fused-ring (bicyclic) bond motifs is 3. The molecule has 0 atom stereocenters. The van der Waals surface area contributed by atoms with Gasteiger partial charge in [0.05, 0.1) is 0 Å². The van der Waals surface area contributed by atoms with Gasteiger partial charge in [0.1, 0.15) is 4.90 Å². The molecule has 0 N–H and O–H groups in total. The average Bonchev–Trinajstić information content (AvgIpc) is 2.33. The van der Waals surface area contributed by atoms with Crippen LogP contribution in [0.1, 0.15) is 11.1 Å². The molecular weight excluding hydrogens is 284 g/mol. The summed E-state index contributed by atoms with van der Waals surface area (Å²) in [6, 6.07) is 8.41. The second-order valence-corrected chi connectivity index (χ2v) is 6.50. The smallest absolute Gasteiger partial charge is 0.339 e. The average molecular weight is 295 g/mol. The molecule has 98 valence electrons. The Morgan fingerprint density at radius 3 is 2.58 bits per heavy atom. The quantitative estimate of drug-likeness (QED) is 0.696. The Morgan fingerprint density at radius 1 is 1.11 bits per heavy atom. The number of rotatable bonds is 0. The standard InChI is InChI=1S/C14H11ClO3S/c1-8-3-6-13-10(7-8)14-9(2)11(15)4-5-12(14)18-19(13,16)17/h3-7H,1-2H3. The van der Waals surface area contributed by atoms with Crippen molar-refractivity contribution in [2.75, 3.05) is 0 Å². The molecule has 2 aromatic carbocycles. The summed E-state index contributed by atoms with van der Waals surface area (Å²) in [6.07, 6.45) is 0. The third-order valence-corrected chi connectivity index (χ3v) is 4.94. The Hall–Kier alpha value is -1.52. The fourth-order valence-electron chi connectivity index (χ4n) is 2.29. The van der Waals surface area contributed by atoms with Crippen molar-refractivity contribution in [1.29, 1.82) is 0 Å². The number of hydrogen-bond donors (Lipinski definition) is 0. The fourth-order valence-corrected chi connectivity index (χ4v) is 3.57. The van der Waals surface area contributed by atoms with Gasteiger partial charge in [-0.25, -0.2) is 0 Å². The van der Waals surface area contributed by atoms with E-state index in [1.165, 1.54) is 0 Å². The fraction of sp³-hybridized carbons (Fsp3) is 0.143. The second-order valence-electron chi connectivity index (χ2n) is 4.58. The van der Waals surface area contributed by atoms with Crippen LogP contribution >= 0.6 is 11.6 Å². The van der Waals surface area contributed by atoms with Crippen molar-refractivity contribution in [2.45, 2.75) is 18.7 Å². The van der Waals surface area contributed by atoms with E-state index < -0.39 is 10.1 Å². The minimum absolute atomic E-state index is 0.191. The number of hydrogen-bond acceptors (Lipinski definition) is 3. The summed E-state index contributed by atoms with van der Waals surface area (Å²) >= 11 is 6.12. The third-order valence-electron chi connectivity index (χ3n) is 3.23. The molecule has 0 saturated carbocycles. The molecule has 2 aromatic rings. The van der Waals surface area contributed by atoms with Crippen molar-refractivity contribution in [1.82, 2.24) is 0 Å². The van der Waals surface area contributed by atoms with Crippen LogP contribution in [0.2, 0.25) is 5.02 Å². The van der Waals surface area contributed by atoms with Gasteiger partial charge >= 0.3 is 10.1 Å². The van der Waals surface area contributed by atoms with Gasteiger partial charge < -0.3 is 4.18 Å². The summed E-state index contributed by atoms with van der Waals surface area (Å²) in [6.45, 7) is 3.77. The van der Waals surface area contributed by atoms with Gasteiger partial charge in [-0.1, -0.05) is 23.2 Å². The maximum Gasteiger partial charge on any atom is 0.339 e. The zero-order chi connectivity index (χ0) is 13.8. The van der Waals surface area contributed by atoms with Gasteiger partial charge in [0, 0.05) is 16.1 Å². The Bertz CT molecular complexity index is 795. The summed E-state index contributed by atoms with van der Waals surface area (Å²) in [7, 11) is -3.74. The number of aryl methyl sites for hydroxylation is 1. The molecule has 0 bridgehead atoms. The largest absolute Gasteiger partial charge is 0.378 e. The van der Waals surface area contributed by atoms with E-state index in [4.69, 9.17) is 15.8 Å². The van der Waals surface area contributed by atoms with E-state index in [-0.39, 0.29) is 4.90 Å². The van der Waals surface area contributed by atoms with Gasteiger partial charge in [0.2, 0.25) is 0 Å². The highest BCUT2D eigenvalue weighted by Gasteiger charge is 2.31. The maximum atomic E-state index is 12.1. The van der Waals surface area contributed by atoms with Crippen LogP contribution in [-0.4, -0.2) is 8.42 Å². The molecule has 0 fully saturated rings. The molecule has 0 aromatic heterocycles. The van der Waals surface area contributed by atoms with Crippen molar-refractivity contribution >= 4 is 21.7 Å². The Morgan fingerprint density at radius 2 is 1.84 bits per heavy atom. The molecule has 3 rings (SSSR count). The molecule has 19 heavy (non-hydrogen) atoms. The van der Waals surface area contributed by atoms with E-state index in [1.54, 1.807) is 24.3 Å². The molecule has 0 amide bonds. The van der Waals surface area contributed by atoms with Crippen LogP contribution in [-0.2, 0) is 10.1 Å². The van der Waals surface area contributed by atoms with Crippen LogP contribution in [0.15, 0.2) is 35.2 Å². The summed E-state index contributed by atoms with van der Waals surface area (Å²) in [5.41, 5.74) is 3.21. The molecule has 0 spiro atoms. The van der Waals surface area contributed by atoms with E-state index in [0.717, 1.165) is 16.7 Å². The van der Waals surface area contributed by atoms with Crippen LogP contribution in [0.4, 0.5) is 0 Å². The summed E-state index contributed by atoms with van der Waals surface area (Å²) < 4.78 is 29.3. The molecule has 0 saturated heterocycles. The lowest BCUT2D eigenvalue weighted by atomic mass is 9.98. The van der Waals surface area contributed by atoms with Gasteiger partial charge in [0.15, 0.2) is 5.75 Å². The van der Waals surface area contributed by atoms with Gasteiger partial charge in [0.25, 0.3) is 0 Å². The van der Waals surface area contributed by atoms with Crippen LogP contribution in [0.3, 0.4) is 0 Å². The van der Waals surface area contributed by atoms with Crippen LogP contribution in [0.5, 0.6) is 5.75 Å². The van der Waals surface area contributed by atoms with Crippen LogP contribution in [0.25, 0.3) is 11.1 Å². The zero-order valence-electron chi connectivity index (χ0n) is 10.4. The molecule has 1 aliphatic rings. The minimum atomic E-state index is -3.74. The normalized spacial score (nSPS) is 15.3.